The number of benzene rings is 1. The largest absolute Gasteiger partial charge is 0.497 e. The minimum atomic E-state index is 0. The van der Waals surface area contributed by atoms with Gasteiger partial charge in [-0.15, -0.1) is 24.0 Å². The zero-order chi connectivity index (χ0) is 22.1. The molecule has 1 aromatic carbocycles. The summed E-state index contributed by atoms with van der Waals surface area (Å²) in [5.41, 5.74) is 1.30. The molecule has 2 aromatic rings. The molecule has 1 aliphatic heterocycles. The first-order valence-electron chi connectivity index (χ1n) is 11.1. The van der Waals surface area contributed by atoms with Crippen LogP contribution in [0.1, 0.15) is 42.7 Å². The van der Waals surface area contributed by atoms with Crippen molar-refractivity contribution < 1.29 is 9.15 Å². The molecule has 2 atom stereocenters. The molecule has 32 heavy (non-hydrogen) atoms. The molecule has 178 valence electrons. The lowest BCUT2D eigenvalue weighted by Crippen LogP contribution is -2.46. The number of hydrogen-bond donors (Lipinski definition) is 2. The van der Waals surface area contributed by atoms with Crippen LogP contribution in [0, 0.1) is 0 Å². The van der Waals surface area contributed by atoms with E-state index in [0.717, 1.165) is 37.1 Å². The second-order valence-electron chi connectivity index (χ2n) is 8.21. The molecule has 2 heterocycles. The number of likely N-dealkylation sites (tertiary alicyclic amines) is 1. The van der Waals surface area contributed by atoms with Crippen LogP contribution in [0.5, 0.6) is 5.75 Å². The summed E-state index contributed by atoms with van der Waals surface area (Å²) in [5.74, 6) is 2.63. The molecule has 0 saturated carbocycles. The molecule has 1 saturated heterocycles. The Morgan fingerprint density at radius 2 is 1.78 bits per heavy atom. The van der Waals surface area contributed by atoms with Crippen LogP contribution in [0.3, 0.4) is 0 Å². The van der Waals surface area contributed by atoms with Crippen LogP contribution >= 0.6 is 24.0 Å². The fraction of sp³-hybridized carbons (Fsp3) is 0.542. The topological polar surface area (TPSA) is 65.3 Å². The quantitative estimate of drug-likeness (QED) is 0.278. The number of guanidine groups is 1. The number of nitrogens with zero attached hydrogens (tertiary/aromatic N) is 3. The fourth-order valence-corrected chi connectivity index (χ4v) is 4.14. The minimum Gasteiger partial charge on any atom is -0.497 e. The third-order valence-electron chi connectivity index (χ3n) is 5.98. The van der Waals surface area contributed by atoms with Crippen LogP contribution in [-0.4, -0.2) is 70.2 Å². The summed E-state index contributed by atoms with van der Waals surface area (Å²) in [4.78, 5) is 9.17. The number of nitrogens with one attached hydrogen (secondary N) is 2. The van der Waals surface area contributed by atoms with Crippen LogP contribution in [0.4, 0.5) is 0 Å². The summed E-state index contributed by atoms with van der Waals surface area (Å²) in [7, 11) is 7.64. The Morgan fingerprint density at radius 1 is 1.09 bits per heavy atom. The van der Waals surface area contributed by atoms with E-state index in [4.69, 9.17) is 9.15 Å². The molecule has 0 spiro atoms. The number of furan rings is 1. The highest BCUT2D eigenvalue weighted by molar-refractivity contribution is 14.0. The van der Waals surface area contributed by atoms with Crippen molar-refractivity contribution in [3.05, 3.63) is 54.0 Å². The third kappa shape index (κ3) is 7.38. The molecule has 0 aliphatic carbocycles. The van der Waals surface area contributed by atoms with Gasteiger partial charge in [0.05, 0.1) is 25.5 Å². The number of methoxy groups -OCH3 is 1. The summed E-state index contributed by atoms with van der Waals surface area (Å²) in [6.07, 6.45) is 5.55. The van der Waals surface area contributed by atoms with Gasteiger partial charge in [0, 0.05) is 20.1 Å². The van der Waals surface area contributed by atoms with Crippen molar-refractivity contribution in [1.82, 2.24) is 20.4 Å². The Labute approximate surface area is 209 Å². The van der Waals surface area contributed by atoms with Gasteiger partial charge in [-0.3, -0.25) is 14.8 Å². The van der Waals surface area contributed by atoms with Gasteiger partial charge in [0.25, 0.3) is 0 Å². The SMILES string of the molecule is CN=C(NCC(c1ccco1)N(C)C)NCC(c1ccc(OC)cc1)N1CCCCC1.I. The standard InChI is InChI=1S/C24H37N5O2.HI/c1-25-24(27-18-22(28(2)3)23-9-8-16-31-23)26-17-21(29-14-6-5-7-15-29)19-10-12-20(30-4)13-11-19;/h8-13,16,21-22H,5-7,14-15,17-18H2,1-4H3,(H2,25,26,27);1H. The maximum atomic E-state index is 5.62. The molecule has 0 bridgehead atoms. The maximum absolute atomic E-state index is 5.62. The van der Waals surface area contributed by atoms with Gasteiger partial charge in [0.15, 0.2) is 5.96 Å². The van der Waals surface area contributed by atoms with E-state index in [9.17, 15) is 0 Å². The van der Waals surface area contributed by atoms with E-state index in [1.807, 2.05) is 31.3 Å². The summed E-state index contributed by atoms with van der Waals surface area (Å²) in [5, 5.41) is 7.02. The van der Waals surface area contributed by atoms with Crippen LogP contribution in [-0.2, 0) is 0 Å². The lowest BCUT2D eigenvalue weighted by Gasteiger charge is -2.35. The van der Waals surface area contributed by atoms with Crippen LogP contribution in [0.25, 0.3) is 0 Å². The van der Waals surface area contributed by atoms with E-state index >= 15 is 0 Å². The third-order valence-corrected chi connectivity index (χ3v) is 5.98. The van der Waals surface area contributed by atoms with Crippen molar-refractivity contribution in [3.63, 3.8) is 0 Å². The fourth-order valence-electron chi connectivity index (χ4n) is 4.14. The van der Waals surface area contributed by atoms with Crippen molar-refractivity contribution in [2.75, 3.05) is 54.4 Å². The van der Waals surface area contributed by atoms with E-state index in [-0.39, 0.29) is 30.0 Å². The lowest BCUT2D eigenvalue weighted by molar-refractivity contribution is 0.164. The molecule has 2 unspecified atom stereocenters. The van der Waals surface area contributed by atoms with Gasteiger partial charge in [0.1, 0.15) is 11.5 Å². The zero-order valence-electron chi connectivity index (χ0n) is 19.7. The molecule has 2 N–H and O–H groups in total. The molecule has 3 rings (SSSR count). The van der Waals surface area contributed by atoms with Crippen LogP contribution in [0.15, 0.2) is 52.1 Å². The van der Waals surface area contributed by atoms with E-state index in [1.54, 1.807) is 13.4 Å². The van der Waals surface area contributed by atoms with Crippen LogP contribution in [0.2, 0.25) is 0 Å². The van der Waals surface area contributed by atoms with Crippen molar-refractivity contribution in [2.45, 2.75) is 31.3 Å². The number of piperidine rings is 1. The normalized spacial score (nSPS) is 16.8. The smallest absolute Gasteiger partial charge is 0.191 e. The molecule has 7 nitrogen and oxygen atoms in total. The second-order valence-corrected chi connectivity index (χ2v) is 8.21. The van der Waals surface area contributed by atoms with Gasteiger partial charge < -0.3 is 19.8 Å². The monoisotopic (exact) mass is 555 g/mol. The number of hydrogen-bond acceptors (Lipinski definition) is 5. The molecule has 8 heteroatoms. The molecule has 1 fully saturated rings. The summed E-state index contributed by atoms with van der Waals surface area (Å²) in [6, 6.07) is 12.8. The van der Waals surface area contributed by atoms with Gasteiger partial charge in [-0.1, -0.05) is 18.6 Å². The number of ether oxygens (including phenoxy) is 1. The van der Waals surface area contributed by atoms with Gasteiger partial charge in [-0.25, -0.2) is 0 Å². The number of halogens is 1. The van der Waals surface area contributed by atoms with Gasteiger partial charge in [-0.2, -0.15) is 0 Å². The first kappa shape index (κ1) is 26.5. The molecule has 1 aliphatic rings. The average Bonchev–Trinajstić information content (AvgIpc) is 3.33. The lowest BCUT2D eigenvalue weighted by atomic mass is 10.0. The van der Waals surface area contributed by atoms with Crippen molar-refractivity contribution in [1.29, 1.82) is 0 Å². The van der Waals surface area contributed by atoms with Crippen molar-refractivity contribution in [2.24, 2.45) is 4.99 Å². The molecule has 0 radical (unpaired) electrons. The molecule has 0 amide bonds. The van der Waals surface area contributed by atoms with E-state index < -0.39 is 0 Å². The van der Waals surface area contributed by atoms with Crippen molar-refractivity contribution in [3.8, 4) is 5.75 Å². The molecular formula is C24H38IN5O2. The summed E-state index contributed by atoms with van der Waals surface area (Å²) >= 11 is 0. The van der Waals surface area contributed by atoms with Crippen molar-refractivity contribution >= 4 is 29.9 Å². The number of aliphatic imine (C=N–C) groups is 1. The first-order valence-corrected chi connectivity index (χ1v) is 11.1. The van der Waals surface area contributed by atoms with Gasteiger partial charge in [0.2, 0.25) is 0 Å². The molecular weight excluding hydrogens is 517 g/mol. The summed E-state index contributed by atoms with van der Waals surface area (Å²) < 4.78 is 11.0. The average molecular weight is 556 g/mol. The number of likely N-dealkylation sites (N-methyl/N-ethyl adjacent to an activating group) is 1. The maximum Gasteiger partial charge on any atom is 0.191 e. The summed E-state index contributed by atoms with van der Waals surface area (Å²) in [6.45, 7) is 3.76. The highest BCUT2D eigenvalue weighted by atomic mass is 127. The second kappa shape index (κ2) is 13.7. The zero-order valence-corrected chi connectivity index (χ0v) is 22.0. The predicted octanol–water partition coefficient (Wildman–Crippen LogP) is 3.90. The predicted molar refractivity (Wildman–Crippen MR) is 141 cm³/mol. The van der Waals surface area contributed by atoms with E-state index in [2.05, 4.69) is 51.7 Å². The van der Waals surface area contributed by atoms with E-state index in [0.29, 0.717) is 12.6 Å². The van der Waals surface area contributed by atoms with Gasteiger partial charge >= 0.3 is 0 Å². The minimum absolute atomic E-state index is 0. The Bertz CT molecular complexity index is 789. The Hall–Kier alpha value is -1.78. The Balaban J connectivity index is 0.00000363. The highest BCUT2D eigenvalue weighted by Gasteiger charge is 2.23. The molecule has 1 aromatic heterocycles. The van der Waals surface area contributed by atoms with Gasteiger partial charge in [-0.05, 0) is 69.9 Å². The van der Waals surface area contributed by atoms with E-state index in [1.165, 1.54) is 24.8 Å². The number of rotatable bonds is 9. The Morgan fingerprint density at radius 3 is 2.34 bits per heavy atom. The first-order chi connectivity index (χ1) is 15.1. The Kier molecular flexibility index (Phi) is 11.3. The highest BCUT2D eigenvalue weighted by Crippen LogP contribution is 2.26. The van der Waals surface area contributed by atoms with Crippen LogP contribution < -0.4 is 15.4 Å².